The molecule has 8 nitrogen and oxygen atoms in total. The number of urea groups is 1. The summed E-state index contributed by atoms with van der Waals surface area (Å²) < 4.78 is 4.55. The molecule has 0 saturated heterocycles. The maximum Gasteiger partial charge on any atom is 0.337 e. The third kappa shape index (κ3) is 6.36. The molecule has 1 atom stereocenters. The largest absolute Gasteiger partial charge is 0.479 e. The molecule has 0 spiro atoms. The van der Waals surface area contributed by atoms with Gasteiger partial charge in [0.1, 0.15) is 6.54 Å². The number of carbonyl (C=O) groups is 3. The van der Waals surface area contributed by atoms with Gasteiger partial charge >= 0.3 is 18.0 Å². The Morgan fingerprint density at radius 2 is 1.88 bits per heavy atom. The van der Waals surface area contributed by atoms with E-state index < -0.39 is 30.1 Å². The number of amides is 2. The molecule has 8 heteroatoms. The summed E-state index contributed by atoms with van der Waals surface area (Å²) in [6.45, 7) is 2.07. The van der Waals surface area contributed by atoms with E-state index in [0.29, 0.717) is 0 Å². The predicted octanol–water partition coefficient (Wildman–Crippen LogP) is -1.32. The molecule has 0 rings (SSSR count). The van der Waals surface area contributed by atoms with E-state index in [2.05, 4.69) is 15.4 Å². The topological polar surface area (TPSA) is 125 Å². The Labute approximate surface area is 97.9 Å². The first-order chi connectivity index (χ1) is 7.79. The van der Waals surface area contributed by atoms with Gasteiger partial charge in [0.05, 0.1) is 13.2 Å². The minimum Gasteiger partial charge on any atom is -0.479 e. The van der Waals surface area contributed by atoms with Crippen LogP contribution < -0.4 is 10.6 Å². The van der Waals surface area contributed by atoms with Crippen LogP contribution in [0.4, 0.5) is 4.79 Å². The quantitative estimate of drug-likeness (QED) is 0.432. The molecular formula is C9H16N2O6. The number of aliphatic carboxylic acids is 1. The summed E-state index contributed by atoms with van der Waals surface area (Å²) in [5.41, 5.74) is -2.05. The first-order valence-corrected chi connectivity index (χ1v) is 4.92. The molecule has 0 saturated carbocycles. The fraction of sp³-hybridized carbons (Fsp3) is 0.667. The highest BCUT2D eigenvalue weighted by Gasteiger charge is 2.30. The molecule has 98 valence electrons. The smallest absolute Gasteiger partial charge is 0.337 e. The Hall–Kier alpha value is -1.83. The lowest BCUT2D eigenvalue weighted by Gasteiger charge is -2.18. The van der Waals surface area contributed by atoms with Gasteiger partial charge in [-0.25, -0.2) is 9.59 Å². The number of aliphatic hydroxyl groups is 1. The highest BCUT2D eigenvalue weighted by atomic mass is 16.5. The number of hydrogen-bond acceptors (Lipinski definition) is 5. The van der Waals surface area contributed by atoms with Crippen LogP contribution in [0.3, 0.4) is 0 Å². The zero-order chi connectivity index (χ0) is 13.5. The van der Waals surface area contributed by atoms with Crippen LogP contribution in [-0.4, -0.2) is 53.5 Å². The van der Waals surface area contributed by atoms with Crippen molar-refractivity contribution in [1.29, 1.82) is 0 Å². The van der Waals surface area contributed by atoms with E-state index in [9.17, 15) is 19.5 Å². The molecule has 0 radical (unpaired) electrons. The van der Waals surface area contributed by atoms with Gasteiger partial charge < -0.3 is 25.6 Å². The van der Waals surface area contributed by atoms with Gasteiger partial charge in [0.15, 0.2) is 5.60 Å². The SMILES string of the molecule is CCOC(=O)CNC(=O)NCC(C)(O)C(=O)O. The van der Waals surface area contributed by atoms with Crippen molar-refractivity contribution in [3.8, 4) is 0 Å². The van der Waals surface area contributed by atoms with Crippen molar-refractivity contribution in [3.05, 3.63) is 0 Å². The van der Waals surface area contributed by atoms with Gasteiger partial charge in [-0.3, -0.25) is 4.79 Å². The summed E-state index contributed by atoms with van der Waals surface area (Å²) in [7, 11) is 0. The summed E-state index contributed by atoms with van der Waals surface area (Å²) in [6.07, 6.45) is 0. The van der Waals surface area contributed by atoms with Gasteiger partial charge in [-0.2, -0.15) is 0 Å². The Balaban J connectivity index is 3.88. The van der Waals surface area contributed by atoms with Crippen LogP contribution >= 0.6 is 0 Å². The van der Waals surface area contributed by atoms with E-state index in [1.54, 1.807) is 6.92 Å². The molecule has 0 fully saturated rings. The highest BCUT2D eigenvalue weighted by molar-refractivity contribution is 5.82. The number of rotatable bonds is 6. The molecular weight excluding hydrogens is 232 g/mol. The molecule has 0 aliphatic rings. The number of carbonyl (C=O) groups excluding carboxylic acids is 2. The van der Waals surface area contributed by atoms with Crippen LogP contribution in [0.25, 0.3) is 0 Å². The van der Waals surface area contributed by atoms with Crippen molar-refractivity contribution in [3.63, 3.8) is 0 Å². The van der Waals surface area contributed by atoms with Crippen LogP contribution in [0.5, 0.6) is 0 Å². The number of carboxylic acid groups (broad SMARTS) is 1. The molecule has 4 N–H and O–H groups in total. The maximum absolute atomic E-state index is 11.1. The van der Waals surface area contributed by atoms with Crippen LogP contribution in [0, 0.1) is 0 Å². The fourth-order valence-electron chi connectivity index (χ4n) is 0.755. The summed E-state index contributed by atoms with van der Waals surface area (Å²) in [4.78, 5) is 32.4. The van der Waals surface area contributed by atoms with Gasteiger partial charge in [-0.1, -0.05) is 0 Å². The Kier molecular flexibility index (Phi) is 5.97. The van der Waals surface area contributed by atoms with Crippen LogP contribution in [0.2, 0.25) is 0 Å². The van der Waals surface area contributed by atoms with E-state index in [4.69, 9.17) is 5.11 Å². The predicted molar refractivity (Wildman–Crippen MR) is 56.3 cm³/mol. The summed E-state index contributed by atoms with van der Waals surface area (Å²) in [5.74, 6) is -2.06. The average Bonchev–Trinajstić information content (AvgIpc) is 2.24. The van der Waals surface area contributed by atoms with E-state index in [1.807, 2.05) is 0 Å². The lowest BCUT2D eigenvalue weighted by atomic mass is 10.1. The van der Waals surface area contributed by atoms with Crippen molar-refractivity contribution in [2.75, 3.05) is 19.7 Å². The number of esters is 1. The molecule has 1 unspecified atom stereocenters. The number of carboxylic acids is 1. The van der Waals surface area contributed by atoms with Gasteiger partial charge in [0, 0.05) is 0 Å². The number of nitrogens with one attached hydrogen (secondary N) is 2. The third-order valence-corrected chi connectivity index (χ3v) is 1.75. The summed E-state index contributed by atoms with van der Waals surface area (Å²) >= 11 is 0. The van der Waals surface area contributed by atoms with E-state index >= 15 is 0 Å². The van der Waals surface area contributed by atoms with Crippen molar-refractivity contribution in [1.82, 2.24) is 10.6 Å². The molecule has 0 aromatic carbocycles. The van der Waals surface area contributed by atoms with Gasteiger partial charge in [0.2, 0.25) is 0 Å². The molecule has 0 aliphatic heterocycles. The average molecular weight is 248 g/mol. The second-order valence-corrected chi connectivity index (χ2v) is 3.42. The molecule has 0 aromatic heterocycles. The molecule has 0 heterocycles. The van der Waals surface area contributed by atoms with Gasteiger partial charge in [-0.05, 0) is 13.8 Å². The fourth-order valence-corrected chi connectivity index (χ4v) is 0.755. The van der Waals surface area contributed by atoms with E-state index in [0.717, 1.165) is 6.92 Å². The summed E-state index contributed by atoms with van der Waals surface area (Å²) in [5, 5.41) is 22.1. The minimum absolute atomic E-state index is 0.204. The van der Waals surface area contributed by atoms with E-state index in [1.165, 1.54) is 0 Å². The summed E-state index contributed by atoms with van der Waals surface area (Å²) in [6, 6.07) is -0.764. The number of ether oxygens (including phenoxy) is 1. The number of hydrogen-bond donors (Lipinski definition) is 4. The zero-order valence-corrected chi connectivity index (χ0v) is 9.65. The second-order valence-electron chi connectivity index (χ2n) is 3.42. The van der Waals surface area contributed by atoms with Crippen LogP contribution in [0.15, 0.2) is 0 Å². The van der Waals surface area contributed by atoms with Crippen molar-refractivity contribution in [2.45, 2.75) is 19.4 Å². The Morgan fingerprint density at radius 3 is 2.35 bits per heavy atom. The standard InChI is InChI=1S/C9H16N2O6/c1-3-17-6(12)4-10-8(15)11-5-9(2,16)7(13)14/h16H,3-5H2,1-2H3,(H,13,14)(H2,10,11,15). The maximum atomic E-state index is 11.1. The molecule has 17 heavy (non-hydrogen) atoms. The van der Waals surface area contributed by atoms with Crippen molar-refractivity contribution in [2.24, 2.45) is 0 Å². The van der Waals surface area contributed by atoms with Gasteiger partial charge in [0.25, 0.3) is 0 Å². The second kappa shape index (κ2) is 6.69. The Morgan fingerprint density at radius 1 is 1.29 bits per heavy atom. The molecule has 2 amide bonds. The molecule has 0 aliphatic carbocycles. The molecule has 0 aromatic rings. The Bertz CT molecular complexity index is 302. The van der Waals surface area contributed by atoms with Crippen LogP contribution in [0.1, 0.15) is 13.8 Å². The van der Waals surface area contributed by atoms with Gasteiger partial charge in [-0.15, -0.1) is 0 Å². The lowest BCUT2D eigenvalue weighted by Crippen LogP contribution is -2.49. The lowest BCUT2D eigenvalue weighted by molar-refractivity contribution is -0.155. The van der Waals surface area contributed by atoms with Crippen molar-refractivity contribution >= 4 is 18.0 Å². The van der Waals surface area contributed by atoms with E-state index in [-0.39, 0.29) is 13.2 Å². The third-order valence-electron chi connectivity index (χ3n) is 1.75. The van der Waals surface area contributed by atoms with Crippen LogP contribution in [-0.2, 0) is 14.3 Å². The first-order valence-electron chi connectivity index (χ1n) is 4.92. The minimum atomic E-state index is -2.05. The highest BCUT2D eigenvalue weighted by Crippen LogP contribution is 2.00. The monoisotopic (exact) mass is 248 g/mol. The zero-order valence-electron chi connectivity index (χ0n) is 9.65. The van der Waals surface area contributed by atoms with Crippen molar-refractivity contribution < 1.29 is 29.3 Å². The normalized spacial score (nSPS) is 13.4. The molecule has 0 bridgehead atoms. The first kappa shape index (κ1) is 15.2.